The summed E-state index contributed by atoms with van der Waals surface area (Å²) in [6.45, 7) is 3.89. The molecule has 2 heterocycles. The average Bonchev–Trinajstić information content (AvgIpc) is 2.98. The Bertz CT molecular complexity index is 579. The van der Waals surface area contributed by atoms with Crippen molar-refractivity contribution in [2.45, 2.75) is 13.3 Å². The van der Waals surface area contributed by atoms with Gasteiger partial charge in [0, 0.05) is 17.8 Å². The number of halogens is 2. The van der Waals surface area contributed by atoms with E-state index in [2.05, 4.69) is 38.6 Å². The first kappa shape index (κ1) is 16.0. The molecule has 0 saturated heterocycles. The number of guanidine groups is 1. The molecule has 3 N–H and O–H groups in total. The van der Waals surface area contributed by atoms with Crippen LogP contribution in [-0.4, -0.2) is 29.0 Å². The first-order valence-corrected chi connectivity index (χ1v) is 5.89. The van der Waals surface area contributed by atoms with Gasteiger partial charge in [0.1, 0.15) is 0 Å². The molecule has 2 aromatic rings. The molecular formula is C12H17Br2N5. The van der Waals surface area contributed by atoms with Crippen molar-refractivity contribution in [2.75, 3.05) is 18.4 Å². The minimum absolute atomic E-state index is 0. The number of aromatic nitrogens is 2. The van der Waals surface area contributed by atoms with Crippen molar-refractivity contribution < 1.29 is 0 Å². The summed E-state index contributed by atoms with van der Waals surface area (Å²) < 4.78 is 0. The van der Waals surface area contributed by atoms with Crippen LogP contribution in [0.2, 0.25) is 0 Å². The number of hydrogen-bond donors (Lipinski definition) is 3. The van der Waals surface area contributed by atoms with E-state index in [1.807, 2.05) is 6.07 Å². The molecule has 0 bridgehead atoms. The second-order valence-corrected chi connectivity index (χ2v) is 4.03. The fourth-order valence-electron chi connectivity index (χ4n) is 2.15. The van der Waals surface area contributed by atoms with Crippen LogP contribution in [0.15, 0.2) is 23.5 Å². The molecule has 1 aliphatic heterocycles. The second kappa shape index (κ2) is 6.91. The maximum Gasteiger partial charge on any atom is 0.195 e. The SMILES string of the molecule is Br.Br.CCc1c(NC2=NCCN2)ccc2[nH]cnc12. The Labute approximate surface area is 132 Å². The molecule has 1 aliphatic rings. The lowest BCUT2D eigenvalue weighted by atomic mass is 10.1. The van der Waals surface area contributed by atoms with E-state index < -0.39 is 0 Å². The number of benzene rings is 1. The molecule has 0 unspecified atom stereocenters. The quantitative estimate of drug-likeness (QED) is 0.738. The fourth-order valence-corrected chi connectivity index (χ4v) is 2.15. The summed E-state index contributed by atoms with van der Waals surface area (Å²) in [5.74, 6) is 0.856. The number of nitrogens with one attached hydrogen (secondary N) is 3. The minimum Gasteiger partial charge on any atom is -0.354 e. The molecule has 1 aromatic heterocycles. The van der Waals surface area contributed by atoms with Gasteiger partial charge in [-0.1, -0.05) is 6.92 Å². The zero-order valence-electron chi connectivity index (χ0n) is 10.6. The largest absolute Gasteiger partial charge is 0.354 e. The number of anilines is 1. The van der Waals surface area contributed by atoms with E-state index in [1.54, 1.807) is 6.33 Å². The third-order valence-electron chi connectivity index (χ3n) is 2.98. The van der Waals surface area contributed by atoms with Gasteiger partial charge in [-0.3, -0.25) is 4.99 Å². The van der Waals surface area contributed by atoms with Gasteiger partial charge in [-0.15, -0.1) is 34.0 Å². The van der Waals surface area contributed by atoms with Gasteiger partial charge in [-0.2, -0.15) is 0 Å². The third kappa shape index (κ3) is 3.09. The van der Waals surface area contributed by atoms with Crippen LogP contribution in [0, 0.1) is 0 Å². The van der Waals surface area contributed by atoms with Gasteiger partial charge in [0.2, 0.25) is 0 Å². The minimum atomic E-state index is 0. The van der Waals surface area contributed by atoms with Crippen molar-refractivity contribution in [3.05, 3.63) is 24.0 Å². The molecule has 1 aromatic carbocycles. The first-order valence-electron chi connectivity index (χ1n) is 5.89. The van der Waals surface area contributed by atoms with Crippen LogP contribution in [0.5, 0.6) is 0 Å². The van der Waals surface area contributed by atoms with E-state index in [9.17, 15) is 0 Å². The van der Waals surface area contributed by atoms with E-state index in [-0.39, 0.29) is 34.0 Å². The summed E-state index contributed by atoms with van der Waals surface area (Å²) in [6, 6.07) is 4.11. The summed E-state index contributed by atoms with van der Waals surface area (Å²) in [7, 11) is 0. The van der Waals surface area contributed by atoms with Gasteiger partial charge in [0.25, 0.3) is 0 Å². The van der Waals surface area contributed by atoms with Crippen molar-refractivity contribution in [1.29, 1.82) is 0 Å². The van der Waals surface area contributed by atoms with Crippen LogP contribution >= 0.6 is 34.0 Å². The maximum atomic E-state index is 4.37. The summed E-state index contributed by atoms with van der Waals surface area (Å²) in [5.41, 5.74) is 4.42. The van der Waals surface area contributed by atoms with Crippen LogP contribution in [0.3, 0.4) is 0 Å². The zero-order chi connectivity index (χ0) is 11.7. The molecule has 0 amide bonds. The van der Waals surface area contributed by atoms with Gasteiger partial charge in [0.05, 0.1) is 23.9 Å². The Morgan fingerprint density at radius 1 is 1.32 bits per heavy atom. The molecule has 0 atom stereocenters. The van der Waals surface area contributed by atoms with E-state index in [4.69, 9.17) is 0 Å². The third-order valence-corrected chi connectivity index (χ3v) is 2.98. The number of aryl methyl sites for hydroxylation is 1. The van der Waals surface area contributed by atoms with Crippen LogP contribution < -0.4 is 10.6 Å². The van der Waals surface area contributed by atoms with Gasteiger partial charge in [0.15, 0.2) is 5.96 Å². The molecular weight excluding hydrogens is 374 g/mol. The smallest absolute Gasteiger partial charge is 0.195 e. The van der Waals surface area contributed by atoms with E-state index >= 15 is 0 Å². The van der Waals surface area contributed by atoms with Gasteiger partial charge in [-0.25, -0.2) is 4.98 Å². The number of nitrogens with zero attached hydrogens (tertiary/aromatic N) is 2. The van der Waals surface area contributed by atoms with Crippen molar-refractivity contribution >= 4 is 56.6 Å². The monoisotopic (exact) mass is 389 g/mol. The number of aromatic amines is 1. The molecule has 19 heavy (non-hydrogen) atoms. The van der Waals surface area contributed by atoms with Gasteiger partial charge >= 0.3 is 0 Å². The molecule has 0 radical (unpaired) electrons. The highest BCUT2D eigenvalue weighted by Gasteiger charge is 2.11. The van der Waals surface area contributed by atoms with Crippen molar-refractivity contribution in [2.24, 2.45) is 4.99 Å². The highest BCUT2D eigenvalue weighted by Crippen LogP contribution is 2.24. The highest BCUT2D eigenvalue weighted by molar-refractivity contribution is 8.93. The predicted molar refractivity (Wildman–Crippen MR) is 90.0 cm³/mol. The molecule has 5 nitrogen and oxygen atoms in total. The average molecular weight is 391 g/mol. The Kier molecular flexibility index (Phi) is 5.81. The van der Waals surface area contributed by atoms with Crippen LogP contribution in [-0.2, 0) is 6.42 Å². The lowest BCUT2D eigenvalue weighted by molar-refractivity contribution is 0.959. The molecule has 0 fully saturated rings. The number of aliphatic imine (C=N–C) groups is 1. The summed E-state index contributed by atoms with van der Waals surface area (Å²) >= 11 is 0. The van der Waals surface area contributed by atoms with Crippen molar-refractivity contribution in [3.8, 4) is 0 Å². The Hall–Kier alpha value is -1.08. The van der Waals surface area contributed by atoms with Crippen LogP contribution in [0.1, 0.15) is 12.5 Å². The number of hydrogen-bond acceptors (Lipinski definition) is 4. The fraction of sp³-hybridized carbons (Fsp3) is 0.333. The van der Waals surface area contributed by atoms with E-state index in [0.29, 0.717) is 0 Å². The van der Waals surface area contributed by atoms with Crippen LogP contribution in [0.25, 0.3) is 11.0 Å². The predicted octanol–water partition coefficient (Wildman–Crippen LogP) is 2.65. The number of H-pyrrole nitrogens is 1. The first-order chi connectivity index (χ1) is 8.38. The van der Waals surface area contributed by atoms with Crippen LogP contribution in [0.4, 0.5) is 5.69 Å². The molecule has 104 valence electrons. The van der Waals surface area contributed by atoms with E-state index in [1.165, 1.54) is 5.56 Å². The normalized spacial score (nSPS) is 13.2. The molecule has 7 heteroatoms. The highest BCUT2D eigenvalue weighted by atomic mass is 79.9. The second-order valence-electron chi connectivity index (χ2n) is 4.03. The van der Waals surface area contributed by atoms with Crippen molar-refractivity contribution in [1.82, 2.24) is 15.3 Å². The molecule has 0 saturated carbocycles. The Morgan fingerprint density at radius 2 is 2.16 bits per heavy atom. The van der Waals surface area contributed by atoms with Gasteiger partial charge in [-0.05, 0) is 18.6 Å². The molecule has 0 aliphatic carbocycles. The van der Waals surface area contributed by atoms with Crippen molar-refractivity contribution in [3.63, 3.8) is 0 Å². The topological polar surface area (TPSA) is 65.1 Å². The summed E-state index contributed by atoms with van der Waals surface area (Å²) in [6.07, 6.45) is 2.68. The zero-order valence-corrected chi connectivity index (χ0v) is 14.0. The number of rotatable bonds is 2. The number of imidazole rings is 1. The summed E-state index contributed by atoms with van der Waals surface area (Å²) in [4.78, 5) is 11.8. The standard InChI is InChI=1S/C12H15N5.2BrH/c1-2-8-9(17-12-13-5-6-14-12)3-4-10-11(8)16-7-15-10;;/h3-4,7H,2,5-6H2,1H3,(H,15,16)(H2,13,14,17);2*1H. The van der Waals surface area contributed by atoms with Gasteiger partial charge < -0.3 is 15.6 Å². The lowest BCUT2D eigenvalue weighted by Gasteiger charge is -2.11. The lowest BCUT2D eigenvalue weighted by Crippen LogP contribution is -2.26. The Balaban J connectivity index is 0.000000902. The maximum absolute atomic E-state index is 4.37. The number of fused-ring (bicyclic) bond motifs is 1. The Morgan fingerprint density at radius 3 is 2.84 bits per heavy atom. The summed E-state index contributed by atoms with van der Waals surface area (Å²) in [5, 5.41) is 6.54. The molecule has 3 rings (SSSR count). The van der Waals surface area contributed by atoms with E-state index in [0.717, 1.165) is 42.2 Å². The molecule has 0 spiro atoms.